The van der Waals surface area contributed by atoms with E-state index in [2.05, 4.69) is 16.9 Å². The molecule has 1 aliphatic carbocycles. The zero-order chi connectivity index (χ0) is 13.7. The zero-order valence-electron chi connectivity index (χ0n) is 11.6. The molecule has 19 heavy (non-hydrogen) atoms. The number of hydrogen-bond donors (Lipinski definition) is 1. The monoisotopic (exact) mass is 265 g/mol. The van der Waals surface area contributed by atoms with Crippen LogP contribution in [0.25, 0.3) is 0 Å². The fourth-order valence-corrected chi connectivity index (χ4v) is 2.83. The second-order valence-corrected chi connectivity index (χ2v) is 5.35. The third-order valence-electron chi connectivity index (χ3n) is 3.70. The predicted molar refractivity (Wildman–Crippen MR) is 72.8 cm³/mol. The van der Waals surface area contributed by atoms with Gasteiger partial charge in [0.2, 0.25) is 0 Å². The average molecular weight is 265 g/mol. The Kier molecular flexibility index (Phi) is 4.96. The minimum Gasteiger partial charge on any atom is -0.480 e. The fraction of sp³-hybridized carbons (Fsp3) is 0.714. The molecular weight excluding hydrogens is 242 g/mol. The normalized spacial score (nSPS) is 16.3. The van der Waals surface area contributed by atoms with Crippen LogP contribution in [0.1, 0.15) is 44.6 Å². The lowest BCUT2D eigenvalue weighted by Crippen LogP contribution is -2.36. The van der Waals surface area contributed by atoms with E-state index in [4.69, 9.17) is 5.11 Å². The SMILES string of the molecule is CCCn1cc(CN(CC(=O)O)C2CCCC2)cn1. The molecule has 1 saturated carbocycles. The van der Waals surface area contributed by atoms with Crippen LogP contribution in [0.4, 0.5) is 0 Å². The smallest absolute Gasteiger partial charge is 0.317 e. The Hall–Kier alpha value is -1.36. The number of rotatable bonds is 7. The molecule has 0 unspecified atom stereocenters. The first kappa shape index (κ1) is 14.1. The van der Waals surface area contributed by atoms with Crippen LogP contribution in [-0.2, 0) is 17.9 Å². The lowest BCUT2D eigenvalue weighted by Gasteiger charge is -2.26. The summed E-state index contributed by atoms with van der Waals surface area (Å²) >= 11 is 0. The Labute approximate surface area is 114 Å². The van der Waals surface area contributed by atoms with Gasteiger partial charge in [-0.15, -0.1) is 0 Å². The van der Waals surface area contributed by atoms with Crippen LogP contribution in [0, 0.1) is 0 Å². The Bertz CT molecular complexity index is 411. The first-order chi connectivity index (χ1) is 9.19. The molecule has 1 heterocycles. The molecule has 1 aliphatic rings. The molecule has 1 aromatic rings. The zero-order valence-corrected chi connectivity index (χ0v) is 11.6. The van der Waals surface area contributed by atoms with Gasteiger partial charge < -0.3 is 5.11 Å². The van der Waals surface area contributed by atoms with Crippen LogP contribution >= 0.6 is 0 Å². The van der Waals surface area contributed by atoms with Crippen LogP contribution in [0.15, 0.2) is 12.4 Å². The van der Waals surface area contributed by atoms with Gasteiger partial charge in [0.05, 0.1) is 12.7 Å². The molecule has 0 aliphatic heterocycles. The maximum Gasteiger partial charge on any atom is 0.317 e. The first-order valence-electron chi connectivity index (χ1n) is 7.16. The number of hydrogen-bond acceptors (Lipinski definition) is 3. The highest BCUT2D eigenvalue weighted by atomic mass is 16.4. The summed E-state index contributed by atoms with van der Waals surface area (Å²) < 4.78 is 1.93. The third kappa shape index (κ3) is 4.06. The van der Waals surface area contributed by atoms with Crippen molar-refractivity contribution in [1.82, 2.24) is 14.7 Å². The molecule has 0 amide bonds. The molecule has 1 N–H and O–H groups in total. The van der Waals surface area contributed by atoms with E-state index in [1.54, 1.807) is 0 Å². The van der Waals surface area contributed by atoms with E-state index in [-0.39, 0.29) is 6.54 Å². The molecule has 0 atom stereocenters. The van der Waals surface area contributed by atoms with E-state index in [1.165, 1.54) is 12.8 Å². The minimum atomic E-state index is -0.743. The summed E-state index contributed by atoms with van der Waals surface area (Å²) in [5.74, 6) is -0.743. The second-order valence-electron chi connectivity index (χ2n) is 5.35. The molecule has 5 nitrogen and oxygen atoms in total. The summed E-state index contributed by atoms with van der Waals surface area (Å²) in [6, 6.07) is 0.422. The molecule has 1 fully saturated rings. The van der Waals surface area contributed by atoms with Gasteiger partial charge >= 0.3 is 5.97 Å². The highest BCUT2D eigenvalue weighted by Gasteiger charge is 2.24. The van der Waals surface area contributed by atoms with Crippen molar-refractivity contribution in [2.24, 2.45) is 0 Å². The molecule has 2 rings (SSSR count). The van der Waals surface area contributed by atoms with Crippen LogP contribution in [0.5, 0.6) is 0 Å². The van der Waals surface area contributed by atoms with Crippen LogP contribution < -0.4 is 0 Å². The number of carboxylic acids is 1. The summed E-state index contributed by atoms with van der Waals surface area (Å²) in [5.41, 5.74) is 1.11. The van der Waals surface area contributed by atoms with Crippen molar-refractivity contribution < 1.29 is 9.90 Å². The van der Waals surface area contributed by atoms with Crippen molar-refractivity contribution in [3.63, 3.8) is 0 Å². The van der Waals surface area contributed by atoms with E-state index >= 15 is 0 Å². The van der Waals surface area contributed by atoms with Gasteiger partial charge in [0, 0.05) is 30.9 Å². The lowest BCUT2D eigenvalue weighted by molar-refractivity contribution is -0.139. The number of nitrogens with zero attached hydrogens (tertiary/aromatic N) is 3. The van der Waals surface area contributed by atoms with Crippen molar-refractivity contribution >= 4 is 5.97 Å². The Morgan fingerprint density at radius 2 is 2.26 bits per heavy atom. The molecule has 0 spiro atoms. The van der Waals surface area contributed by atoms with E-state index in [1.807, 2.05) is 17.1 Å². The topological polar surface area (TPSA) is 58.4 Å². The van der Waals surface area contributed by atoms with Crippen molar-refractivity contribution in [2.75, 3.05) is 6.54 Å². The minimum absolute atomic E-state index is 0.129. The van der Waals surface area contributed by atoms with Gasteiger partial charge in [0.1, 0.15) is 0 Å². The number of aryl methyl sites for hydroxylation is 1. The number of aliphatic carboxylic acids is 1. The Morgan fingerprint density at radius 3 is 2.89 bits per heavy atom. The predicted octanol–water partition coefficient (Wildman–Crippen LogP) is 2.12. The molecule has 5 heteroatoms. The number of carboxylic acid groups (broad SMARTS) is 1. The van der Waals surface area contributed by atoms with Gasteiger partial charge in [-0.2, -0.15) is 5.10 Å². The molecule has 1 aromatic heterocycles. The van der Waals surface area contributed by atoms with E-state index in [0.717, 1.165) is 31.4 Å². The molecular formula is C14H23N3O2. The summed E-state index contributed by atoms with van der Waals surface area (Å²) in [5, 5.41) is 13.4. The molecule has 106 valence electrons. The summed E-state index contributed by atoms with van der Waals surface area (Å²) in [7, 11) is 0. The van der Waals surface area contributed by atoms with Crippen molar-refractivity contribution in [1.29, 1.82) is 0 Å². The third-order valence-corrected chi connectivity index (χ3v) is 3.70. The van der Waals surface area contributed by atoms with Crippen molar-refractivity contribution in [3.05, 3.63) is 18.0 Å². The van der Waals surface area contributed by atoms with Crippen molar-refractivity contribution in [3.8, 4) is 0 Å². The van der Waals surface area contributed by atoms with Crippen molar-refractivity contribution in [2.45, 2.75) is 58.2 Å². The molecule has 0 saturated heterocycles. The van der Waals surface area contributed by atoms with Gasteiger partial charge in [0.15, 0.2) is 0 Å². The Balaban J connectivity index is 1.99. The Morgan fingerprint density at radius 1 is 1.53 bits per heavy atom. The highest BCUT2D eigenvalue weighted by molar-refractivity contribution is 5.69. The standard InChI is InChI=1S/C14H23N3O2/c1-2-7-17-10-12(8-15-17)9-16(11-14(18)19)13-5-3-4-6-13/h8,10,13H,2-7,9,11H2,1H3,(H,18,19). The summed E-state index contributed by atoms with van der Waals surface area (Å²) in [4.78, 5) is 13.1. The molecule has 0 bridgehead atoms. The fourth-order valence-electron chi connectivity index (χ4n) is 2.83. The van der Waals surface area contributed by atoms with E-state index < -0.39 is 5.97 Å². The lowest BCUT2D eigenvalue weighted by atomic mass is 10.2. The van der Waals surface area contributed by atoms with Gasteiger partial charge in [-0.1, -0.05) is 19.8 Å². The van der Waals surface area contributed by atoms with Gasteiger partial charge in [-0.05, 0) is 19.3 Å². The van der Waals surface area contributed by atoms with Crippen LogP contribution in [0.2, 0.25) is 0 Å². The molecule has 0 aromatic carbocycles. The van der Waals surface area contributed by atoms with Gasteiger partial charge in [0.25, 0.3) is 0 Å². The average Bonchev–Trinajstić information content (AvgIpc) is 2.99. The first-order valence-corrected chi connectivity index (χ1v) is 7.16. The van der Waals surface area contributed by atoms with E-state index in [0.29, 0.717) is 12.6 Å². The van der Waals surface area contributed by atoms with Gasteiger partial charge in [-0.25, -0.2) is 0 Å². The number of aromatic nitrogens is 2. The maximum atomic E-state index is 11.0. The second kappa shape index (κ2) is 6.70. The maximum absolute atomic E-state index is 11.0. The summed E-state index contributed by atoms with van der Waals surface area (Å²) in [6.07, 6.45) is 9.63. The summed E-state index contributed by atoms with van der Waals surface area (Å²) in [6.45, 7) is 3.86. The highest BCUT2D eigenvalue weighted by Crippen LogP contribution is 2.24. The quantitative estimate of drug-likeness (QED) is 0.820. The van der Waals surface area contributed by atoms with E-state index in [9.17, 15) is 4.79 Å². The van der Waals surface area contributed by atoms with Crippen LogP contribution in [-0.4, -0.2) is 38.3 Å². The van der Waals surface area contributed by atoms with Crippen LogP contribution in [0.3, 0.4) is 0 Å². The largest absolute Gasteiger partial charge is 0.480 e. The number of carbonyl (C=O) groups is 1. The molecule has 0 radical (unpaired) electrons. The van der Waals surface area contributed by atoms with Gasteiger partial charge in [-0.3, -0.25) is 14.4 Å².